The van der Waals surface area contributed by atoms with Crippen LogP contribution >= 0.6 is 0 Å². The second-order valence-electron chi connectivity index (χ2n) is 6.13. The Balaban J connectivity index is 6.27. The van der Waals surface area contributed by atoms with Gasteiger partial charge in [0, 0.05) is 16.7 Å². The molecule has 0 spiro atoms. The molecule has 2 unspecified atom stereocenters. The van der Waals surface area contributed by atoms with Gasteiger partial charge < -0.3 is 29.5 Å². The summed E-state index contributed by atoms with van der Waals surface area (Å²) in [5, 5.41) is 31.1. The van der Waals surface area contributed by atoms with Gasteiger partial charge in [-0.1, -0.05) is 26.7 Å². The fourth-order valence-corrected chi connectivity index (χ4v) is 1.81. The third kappa shape index (κ3) is 5.49. The van der Waals surface area contributed by atoms with Crippen molar-refractivity contribution in [2.24, 2.45) is 5.41 Å². The average Bonchev–Trinajstić information content (AvgIpc) is 2.55. The molecular formula is C18H26O9. The second kappa shape index (κ2) is 9.45. The van der Waals surface area contributed by atoms with Gasteiger partial charge in [0.1, 0.15) is 0 Å². The van der Waals surface area contributed by atoms with Gasteiger partial charge in [0.05, 0.1) is 6.61 Å². The Morgan fingerprint density at radius 2 is 1.30 bits per heavy atom. The lowest BCUT2D eigenvalue weighted by molar-refractivity contribution is -0.410. The van der Waals surface area contributed by atoms with Crippen LogP contribution in [0.5, 0.6) is 0 Å². The Bertz CT molecular complexity index is 615. The Morgan fingerprint density at radius 3 is 1.56 bits per heavy atom. The molecule has 0 aromatic heterocycles. The summed E-state index contributed by atoms with van der Waals surface area (Å²) in [5.41, 5.74) is -2.76. The highest BCUT2D eigenvalue weighted by molar-refractivity contribution is 5.89. The molecule has 27 heavy (non-hydrogen) atoms. The number of hydrogen-bond donors (Lipinski definition) is 3. The topological polar surface area (TPSA) is 140 Å². The van der Waals surface area contributed by atoms with Crippen molar-refractivity contribution in [1.29, 1.82) is 0 Å². The Morgan fingerprint density at radius 1 is 0.926 bits per heavy atom. The molecule has 9 nitrogen and oxygen atoms in total. The van der Waals surface area contributed by atoms with Crippen molar-refractivity contribution < 1.29 is 43.9 Å². The molecule has 0 aliphatic carbocycles. The average molecular weight is 386 g/mol. The van der Waals surface area contributed by atoms with Crippen molar-refractivity contribution >= 4 is 17.9 Å². The lowest BCUT2D eigenvalue weighted by Crippen LogP contribution is -2.62. The zero-order valence-electron chi connectivity index (χ0n) is 15.9. The molecule has 0 radical (unpaired) electrons. The van der Waals surface area contributed by atoms with Gasteiger partial charge in [0.2, 0.25) is 6.29 Å². The lowest BCUT2D eigenvalue weighted by atomic mass is 9.81. The van der Waals surface area contributed by atoms with Crippen LogP contribution in [-0.4, -0.2) is 52.1 Å². The first-order valence-electron chi connectivity index (χ1n) is 7.93. The predicted octanol–water partition coefficient (Wildman–Crippen LogP) is 0.698. The standard InChI is InChI=1S/C18H26O9/c1-8-17(9-19,16(23)25-13(20)10(2)3)18(24,26-14(21)11(4)5)27-15(22)12(6)7/h16,19,23-24H,2,4,6,8-9H2,1,3,5,7H3. The van der Waals surface area contributed by atoms with Gasteiger partial charge in [-0.2, -0.15) is 0 Å². The van der Waals surface area contributed by atoms with Crippen molar-refractivity contribution in [2.75, 3.05) is 6.61 Å². The molecule has 0 aromatic carbocycles. The van der Waals surface area contributed by atoms with Gasteiger partial charge in [-0.3, -0.25) is 0 Å². The maximum absolute atomic E-state index is 12.0. The molecule has 0 aliphatic rings. The van der Waals surface area contributed by atoms with E-state index in [1.54, 1.807) is 0 Å². The molecule has 0 bridgehead atoms. The first-order chi connectivity index (χ1) is 12.3. The number of esters is 3. The van der Waals surface area contributed by atoms with Crippen molar-refractivity contribution in [3.8, 4) is 0 Å². The SMILES string of the molecule is C=C(C)C(=O)OC(O)C(CC)(CO)C(O)(OC(=O)C(=C)C)OC(=O)C(=C)C. The van der Waals surface area contributed by atoms with Crippen LogP contribution in [0.4, 0.5) is 0 Å². The second-order valence-corrected chi connectivity index (χ2v) is 6.13. The molecule has 152 valence electrons. The molecule has 0 saturated heterocycles. The third-order valence-corrected chi connectivity index (χ3v) is 3.74. The number of carbonyl (C=O) groups excluding carboxylic acids is 3. The summed E-state index contributed by atoms with van der Waals surface area (Å²) in [4.78, 5) is 35.7. The molecular weight excluding hydrogens is 360 g/mol. The van der Waals surface area contributed by atoms with Crippen LogP contribution in [0, 0.1) is 5.41 Å². The fraction of sp³-hybridized carbons (Fsp3) is 0.500. The lowest BCUT2D eigenvalue weighted by Gasteiger charge is -2.44. The van der Waals surface area contributed by atoms with Gasteiger partial charge in [-0.15, -0.1) is 0 Å². The van der Waals surface area contributed by atoms with E-state index < -0.39 is 42.2 Å². The smallest absolute Gasteiger partial charge is 0.388 e. The highest BCUT2D eigenvalue weighted by Crippen LogP contribution is 2.42. The zero-order valence-corrected chi connectivity index (χ0v) is 15.9. The van der Waals surface area contributed by atoms with E-state index in [0.29, 0.717) is 0 Å². The number of aliphatic hydroxyl groups excluding tert-OH is 2. The van der Waals surface area contributed by atoms with E-state index in [-0.39, 0.29) is 23.1 Å². The molecule has 3 N–H and O–H groups in total. The number of rotatable bonds is 10. The van der Waals surface area contributed by atoms with Gasteiger partial charge >= 0.3 is 23.9 Å². The zero-order chi connectivity index (χ0) is 21.6. The molecule has 2 atom stereocenters. The first-order valence-corrected chi connectivity index (χ1v) is 7.93. The molecule has 0 saturated carbocycles. The third-order valence-electron chi connectivity index (χ3n) is 3.74. The first kappa shape index (κ1) is 24.5. The van der Waals surface area contributed by atoms with Crippen LogP contribution in [-0.2, 0) is 28.6 Å². The van der Waals surface area contributed by atoms with Gasteiger partial charge in [0.15, 0.2) is 5.41 Å². The van der Waals surface area contributed by atoms with Crippen molar-refractivity contribution in [1.82, 2.24) is 0 Å². The normalized spacial score (nSPS) is 14.3. The molecule has 9 heteroatoms. The fourth-order valence-electron chi connectivity index (χ4n) is 1.81. The van der Waals surface area contributed by atoms with E-state index >= 15 is 0 Å². The van der Waals surface area contributed by atoms with Crippen molar-refractivity contribution in [3.05, 3.63) is 36.5 Å². The summed E-state index contributed by atoms with van der Waals surface area (Å²) in [5.74, 6) is -6.63. The molecule has 0 fully saturated rings. The van der Waals surface area contributed by atoms with Crippen LogP contribution in [0.15, 0.2) is 36.5 Å². The quantitative estimate of drug-likeness (QED) is 0.281. The highest BCUT2D eigenvalue weighted by atomic mass is 16.8. The van der Waals surface area contributed by atoms with Gasteiger partial charge in [0.25, 0.3) is 0 Å². The minimum absolute atomic E-state index is 0.0848. The summed E-state index contributed by atoms with van der Waals surface area (Å²) in [7, 11) is 0. The maximum atomic E-state index is 12.0. The van der Waals surface area contributed by atoms with Crippen LogP contribution in [0.2, 0.25) is 0 Å². The minimum Gasteiger partial charge on any atom is -0.431 e. The molecule has 0 heterocycles. The van der Waals surface area contributed by atoms with Gasteiger partial charge in [-0.05, 0) is 27.2 Å². The van der Waals surface area contributed by atoms with E-state index in [0.717, 1.165) is 0 Å². The maximum Gasteiger partial charge on any atom is 0.388 e. The summed E-state index contributed by atoms with van der Waals surface area (Å²) in [6.07, 6.45) is -2.59. The monoisotopic (exact) mass is 386 g/mol. The van der Waals surface area contributed by atoms with Crippen LogP contribution in [0.1, 0.15) is 34.1 Å². The number of ether oxygens (including phenoxy) is 3. The van der Waals surface area contributed by atoms with E-state index in [2.05, 4.69) is 19.7 Å². The number of carbonyl (C=O) groups is 3. The van der Waals surface area contributed by atoms with Crippen LogP contribution in [0.25, 0.3) is 0 Å². The predicted molar refractivity (Wildman–Crippen MR) is 93.5 cm³/mol. The Hall–Kier alpha value is -2.49. The largest absolute Gasteiger partial charge is 0.431 e. The summed E-state index contributed by atoms with van der Waals surface area (Å²) in [6, 6.07) is 0. The van der Waals surface area contributed by atoms with Crippen molar-refractivity contribution in [2.45, 2.75) is 46.4 Å². The van der Waals surface area contributed by atoms with E-state index in [4.69, 9.17) is 14.2 Å². The summed E-state index contributed by atoms with van der Waals surface area (Å²) in [6.45, 7) is 14.1. The van der Waals surface area contributed by atoms with Gasteiger partial charge in [-0.25, -0.2) is 14.4 Å². The van der Waals surface area contributed by atoms with Crippen LogP contribution in [0.3, 0.4) is 0 Å². The summed E-state index contributed by atoms with van der Waals surface area (Å²) < 4.78 is 14.4. The van der Waals surface area contributed by atoms with Crippen molar-refractivity contribution in [3.63, 3.8) is 0 Å². The highest BCUT2D eigenvalue weighted by Gasteiger charge is 2.62. The van der Waals surface area contributed by atoms with E-state index in [1.807, 2.05) is 0 Å². The molecule has 0 rings (SSSR count). The summed E-state index contributed by atoms with van der Waals surface area (Å²) >= 11 is 0. The molecule has 0 aliphatic heterocycles. The Labute approximate surface area is 157 Å². The Kier molecular flexibility index (Phi) is 8.58. The number of aliphatic hydroxyl groups is 3. The van der Waals surface area contributed by atoms with Crippen LogP contribution < -0.4 is 0 Å². The minimum atomic E-state index is -3.21. The van der Waals surface area contributed by atoms with E-state index in [1.165, 1.54) is 27.7 Å². The number of hydrogen-bond acceptors (Lipinski definition) is 9. The molecule has 0 amide bonds. The molecule has 0 aromatic rings. The van der Waals surface area contributed by atoms with E-state index in [9.17, 15) is 29.7 Å².